The van der Waals surface area contributed by atoms with E-state index in [9.17, 15) is 0 Å². The largest absolute Gasteiger partial charge is 0.383 e. The fraction of sp³-hybridized carbons (Fsp3) is 0.375. The van der Waals surface area contributed by atoms with Crippen LogP contribution in [-0.4, -0.2) is 28.8 Å². The number of ether oxygens (including phenoxy) is 1. The van der Waals surface area contributed by atoms with Crippen molar-refractivity contribution in [3.63, 3.8) is 0 Å². The lowest BCUT2D eigenvalue weighted by molar-refractivity contribution is 0.177. The predicted molar refractivity (Wildman–Crippen MR) is 54.2 cm³/mol. The maximum absolute atomic E-state index is 5.74. The molecule has 0 saturated carbocycles. The topological polar surface area (TPSA) is 87.1 Å². The van der Waals surface area contributed by atoms with E-state index < -0.39 is 0 Å². The van der Waals surface area contributed by atoms with Gasteiger partial charge in [-0.05, 0) is 0 Å². The van der Waals surface area contributed by atoms with Crippen molar-refractivity contribution in [1.29, 1.82) is 0 Å². The predicted octanol–water partition coefficient (Wildman–Crippen LogP) is 0.839. The molecule has 6 nitrogen and oxygen atoms in total. The molecule has 1 unspecified atom stereocenters. The number of nitrogens with zero attached hydrogens (tertiary/aromatic N) is 3. The zero-order valence-corrected chi connectivity index (χ0v) is 8.90. The van der Waals surface area contributed by atoms with Crippen molar-refractivity contribution in [2.75, 3.05) is 13.7 Å². The van der Waals surface area contributed by atoms with E-state index in [1.807, 2.05) is 5.38 Å². The molecule has 7 heteroatoms. The van der Waals surface area contributed by atoms with Crippen molar-refractivity contribution in [3.05, 3.63) is 16.7 Å². The van der Waals surface area contributed by atoms with E-state index in [4.69, 9.17) is 15.0 Å². The van der Waals surface area contributed by atoms with Gasteiger partial charge in [0.25, 0.3) is 5.89 Å². The SMILES string of the molecule is COCC(N)c1noc(-c2cscn2)n1. The summed E-state index contributed by atoms with van der Waals surface area (Å²) in [6.45, 7) is 0.357. The summed E-state index contributed by atoms with van der Waals surface area (Å²) in [5.41, 5.74) is 8.12. The Balaban J connectivity index is 2.17. The average molecular weight is 226 g/mol. The number of nitrogens with two attached hydrogens (primary N) is 1. The van der Waals surface area contributed by atoms with Crippen molar-refractivity contribution < 1.29 is 9.26 Å². The molecule has 0 aliphatic rings. The molecule has 80 valence electrons. The first kappa shape index (κ1) is 10.2. The molecule has 2 aromatic heterocycles. The molecule has 0 bridgehead atoms. The smallest absolute Gasteiger partial charge is 0.277 e. The van der Waals surface area contributed by atoms with E-state index in [0.717, 1.165) is 0 Å². The van der Waals surface area contributed by atoms with E-state index >= 15 is 0 Å². The van der Waals surface area contributed by atoms with Crippen LogP contribution in [0.5, 0.6) is 0 Å². The highest BCUT2D eigenvalue weighted by atomic mass is 32.1. The van der Waals surface area contributed by atoms with Crippen molar-refractivity contribution in [2.24, 2.45) is 5.73 Å². The quantitative estimate of drug-likeness (QED) is 0.831. The van der Waals surface area contributed by atoms with E-state index in [0.29, 0.717) is 24.0 Å². The van der Waals surface area contributed by atoms with Gasteiger partial charge in [0.1, 0.15) is 5.69 Å². The van der Waals surface area contributed by atoms with Crippen LogP contribution in [-0.2, 0) is 4.74 Å². The van der Waals surface area contributed by atoms with Gasteiger partial charge in [-0.2, -0.15) is 4.98 Å². The minimum atomic E-state index is -0.369. The molecule has 0 fully saturated rings. The standard InChI is InChI=1S/C8H10N4O2S/c1-13-2-5(9)7-11-8(14-12-7)6-3-15-4-10-6/h3-5H,2,9H2,1H3. The lowest BCUT2D eigenvalue weighted by Crippen LogP contribution is -2.17. The molecule has 2 heterocycles. The van der Waals surface area contributed by atoms with Crippen LogP contribution in [0.2, 0.25) is 0 Å². The van der Waals surface area contributed by atoms with Crippen LogP contribution in [0, 0.1) is 0 Å². The van der Waals surface area contributed by atoms with E-state index in [2.05, 4.69) is 15.1 Å². The van der Waals surface area contributed by atoms with Crippen LogP contribution in [0.1, 0.15) is 11.9 Å². The molecule has 2 N–H and O–H groups in total. The summed E-state index contributed by atoms with van der Waals surface area (Å²) in [5, 5.41) is 5.60. The lowest BCUT2D eigenvalue weighted by atomic mass is 10.3. The Morgan fingerprint density at radius 2 is 2.53 bits per heavy atom. The lowest BCUT2D eigenvalue weighted by Gasteiger charge is -2.02. The number of hydrogen-bond acceptors (Lipinski definition) is 7. The molecule has 2 rings (SSSR count). The maximum atomic E-state index is 5.74. The highest BCUT2D eigenvalue weighted by Gasteiger charge is 2.15. The molecular weight excluding hydrogens is 216 g/mol. The first-order chi connectivity index (χ1) is 7.31. The molecule has 0 aliphatic heterocycles. The summed E-state index contributed by atoms with van der Waals surface area (Å²) in [6, 6.07) is -0.369. The number of thiazole rings is 1. The Bertz CT molecular complexity index is 414. The minimum Gasteiger partial charge on any atom is -0.383 e. The third-order valence-electron chi connectivity index (χ3n) is 1.77. The molecule has 15 heavy (non-hydrogen) atoms. The zero-order chi connectivity index (χ0) is 10.7. The van der Waals surface area contributed by atoms with Gasteiger partial charge in [0.2, 0.25) is 0 Å². The van der Waals surface area contributed by atoms with Crippen molar-refractivity contribution in [3.8, 4) is 11.6 Å². The molecule has 0 radical (unpaired) electrons. The second-order valence-corrected chi connectivity index (χ2v) is 3.61. The van der Waals surface area contributed by atoms with Crippen LogP contribution in [0.25, 0.3) is 11.6 Å². The number of hydrogen-bond donors (Lipinski definition) is 1. The van der Waals surface area contributed by atoms with Gasteiger partial charge in [0, 0.05) is 12.5 Å². The van der Waals surface area contributed by atoms with Gasteiger partial charge in [-0.25, -0.2) is 4.98 Å². The summed E-state index contributed by atoms with van der Waals surface area (Å²) in [6.07, 6.45) is 0. The Morgan fingerprint density at radius 1 is 1.67 bits per heavy atom. The number of rotatable bonds is 4. The number of aromatic nitrogens is 3. The van der Waals surface area contributed by atoms with Crippen molar-refractivity contribution >= 4 is 11.3 Å². The molecule has 2 aromatic rings. The summed E-state index contributed by atoms with van der Waals surface area (Å²) >= 11 is 1.47. The van der Waals surface area contributed by atoms with Crippen LogP contribution in [0.15, 0.2) is 15.4 Å². The second-order valence-electron chi connectivity index (χ2n) is 2.89. The first-order valence-corrected chi connectivity index (χ1v) is 5.22. The normalized spacial score (nSPS) is 12.9. The number of methoxy groups -OCH3 is 1. The van der Waals surface area contributed by atoms with Gasteiger partial charge in [-0.3, -0.25) is 0 Å². The summed E-state index contributed by atoms with van der Waals surface area (Å²) in [4.78, 5) is 8.19. The highest BCUT2D eigenvalue weighted by Crippen LogP contribution is 2.18. The van der Waals surface area contributed by atoms with Gasteiger partial charge in [0.05, 0.1) is 18.2 Å². The van der Waals surface area contributed by atoms with Crippen LogP contribution in [0.4, 0.5) is 0 Å². The molecule has 1 atom stereocenters. The molecule has 0 amide bonds. The Hall–Kier alpha value is -1.31. The van der Waals surface area contributed by atoms with Crippen LogP contribution < -0.4 is 5.73 Å². The first-order valence-electron chi connectivity index (χ1n) is 4.28. The molecule has 0 aliphatic carbocycles. The summed E-state index contributed by atoms with van der Waals surface area (Å²) in [7, 11) is 1.57. The highest BCUT2D eigenvalue weighted by molar-refractivity contribution is 7.07. The van der Waals surface area contributed by atoms with Crippen molar-refractivity contribution in [1.82, 2.24) is 15.1 Å². The third kappa shape index (κ3) is 2.20. The van der Waals surface area contributed by atoms with Gasteiger partial charge in [-0.15, -0.1) is 11.3 Å². The molecular formula is C8H10N4O2S. The van der Waals surface area contributed by atoms with E-state index in [1.165, 1.54) is 11.3 Å². The van der Waals surface area contributed by atoms with E-state index in [-0.39, 0.29) is 6.04 Å². The minimum absolute atomic E-state index is 0.357. The summed E-state index contributed by atoms with van der Waals surface area (Å²) < 4.78 is 9.92. The maximum Gasteiger partial charge on any atom is 0.277 e. The van der Waals surface area contributed by atoms with Gasteiger partial charge >= 0.3 is 0 Å². The molecule has 0 spiro atoms. The van der Waals surface area contributed by atoms with Gasteiger partial charge < -0.3 is 15.0 Å². The monoisotopic (exact) mass is 226 g/mol. The Labute approximate surface area is 90.1 Å². The van der Waals surface area contributed by atoms with Gasteiger partial charge in [0.15, 0.2) is 5.82 Å². The Kier molecular flexibility index (Phi) is 3.05. The van der Waals surface area contributed by atoms with Crippen molar-refractivity contribution in [2.45, 2.75) is 6.04 Å². The van der Waals surface area contributed by atoms with Gasteiger partial charge in [-0.1, -0.05) is 5.16 Å². The summed E-state index contributed by atoms with van der Waals surface area (Å²) in [5.74, 6) is 0.817. The average Bonchev–Trinajstić information content (AvgIpc) is 2.89. The zero-order valence-electron chi connectivity index (χ0n) is 8.08. The fourth-order valence-corrected chi connectivity index (χ4v) is 1.59. The molecule has 0 saturated heterocycles. The van der Waals surface area contributed by atoms with Crippen LogP contribution >= 0.6 is 11.3 Å². The fourth-order valence-electron chi connectivity index (χ4n) is 1.06. The molecule has 0 aromatic carbocycles. The third-order valence-corrected chi connectivity index (χ3v) is 2.36. The van der Waals surface area contributed by atoms with Crippen LogP contribution in [0.3, 0.4) is 0 Å². The Morgan fingerprint density at radius 3 is 3.20 bits per heavy atom. The second kappa shape index (κ2) is 4.47. The van der Waals surface area contributed by atoms with E-state index in [1.54, 1.807) is 12.6 Å².